The van der Waals surface area contributed by atoms with Crippen molar-refractivity contribution in [2.24, 2.45) is 0 Å². The molecule has 2 aromatic rings. The molecule has 0 saturated heterocycles. The average Bonchev–Trinajstić information content (AvgIpc) is 3.14. The number of nitrogens with zero attached hydrogens (tertiary/aromatic N) is 2. The predicted molar refractivity (Wildman–Crippen MR) is 153 cm³/mol. The second-order valence-electron chi connectivity index (χ2n) is 10.3. The Balaban J connectivity index is 1.24. The highest BCUT2D eigenvalue weighted by Crippen LogP contribution is 2.31. The molecule has 0 unspecified atom stereocenters. The molecule has 2 N–H and O–H groups in total. The van der Waals surface area contributed by atoms with Gasteiger partial charge in [0.25, 0.3) is 11.8 Å². The van der Waals surface area contributed by atoms with Crippen molar-refractivity contribution >= 4 is 35.3 Å². The minimum Gasteiger partial charge on any atom is -0.489 e. The van der Waals surface area contributed by atoms with Crippen molar-refractivity contribution in [2.75, 3.05) is 31.2 Å². The third-order valence-electron chi connectivity index (χ3n) is 7.40. The first-order valence-corrected chi connectivity index (χ1v) is 14.4. The number of fused-ring (bicyclic) bond motifs is 2. The molecule has 0 aromatic heterocycles. The Morgan fingerprint density at radius 2 is 1.55 bits per heavy atom. The number of rotatable bonds is 15. The molecule has 0 spiro atoms. The predicted octanol–water partition coefficient (Wildman–Crippen LogP) is 3.41. The van der Waals surface area contributed by atoms with E-state index in [1.807, 2.05) is 0 Å². The Hall–Kier alpha value is -4.25. The number of ether oxygens (including phenoxy) is 2. The van der Waals surface area contributed by atoms with Gasteiger partial charge in [0.15, 0.2) is 0 Å². The molecule has 0 radical (unpaired) electrons. The van der Waals surface area contributed by atoms with Crippen molar-refractivity contribution in [2.45, 2.75) is 64.0 Å². The SMILES string of the molecule is CCOC(=O)[C@H](CCCCCCCCN1C(=O)c2ccccc2C1=O)N[C@H]1COc2ccccc2N(CC(=O)O)C1=O. The molecule has 2 aromatic carbocycles. The van der Waals surface area contributed by atoms with E-state index in [1.54, 1.807) is 55.5 Å². The lowest BCUT2D eigenvalue weighted by molar-refractivity contribution is -0.146. The fourth-order valence-corrected chi connectivity index (χ4v) is 5.29. The van der Waals surface area contributed by atoms with Gasteiger partial charge in [-0.05, 0) is 44.0 Å². The second kappa shape index (κ2) is 14.6. The number of esters is 1. The number of benzene rings is 2. The van der Waals surface area contributed by atoms with Crippen molar-refractivity contribution in [1.82, 2.24) is 10.2 Å². The summed E-state index contributed by atoms with van der Waals surface area (Å²) in [6.45, 7) is 1.70. The number of unbranched alkanes of at least 4 members (excludes halogenated alkanes) is 5. The Kier molecular flexibility index (Phi) is 10.7. The normalized spacial score (nSPS) is 16.9. The first kappa shape index (κ1) is 30.7. The Labute approximate surface area is 244 Å². The van der Waals surface area contributed by atoms with E-state index in [4.69, 9.17) is 9.47 Å². The highest BCUT2D eigenvalue weighted by atomic mass is 16.5. The van der Waals surface area contributed by atoms with Gasteiger partial charge in [0.05, 0.1) is 23.4 Å². The number of nitrogens with one attached hydrogen (secondary N) is 1. The van der Waals surface area contributed by atoms with Crippen LogP contribution in [-0.2, 0) is 19.1 Å². The van der Waals surface area contributed by atoms with E-state index in [2.05, 4.69) is 5.32 Å². The smallest absolute Gasteiger partial charge is 0.323 e. The first-order chi connectivity index (χ1) is 20.3. The molecular weight excluding hydrogens is 542 g/mol. The van der Waals surface area contributed by atoms with E-state index >= 15 is 0 Å². The number of anilines is 1. The van der Waals surface area contributed by atoms with Gasteiger partial charge in [-0.1, -0.05) is 56.4 Å². The van der Waals surface area contributed by atoms with Crippen LogP contribution in [0.4, 0.5) is 5.69 Å². The number of imide groups is 1. The number of aliphatic carboxylic acids is 1. The topological polar surface area (TPSA) is 143 Å². The second-order valence-corrected chi connectivity index (χ2v) is 10.3. The van der Waals surface area contributed by atoms with Crippen LogP contribution < -0.4 is 15.0 Å². The lowest BCUT2D eigenvalue weighted by Gasteiger charge is -2.26. The van der Waals surface area contributed by atoms with Crippen molar-refractivity contribution in [1.29, 1.82) is 0 Å². The molecule has 224 valence electrons. The lowest BCUT2D eigenvalue weighted by Crippen LogP contribution is -2.54. The minimum absolute atomic E-state index is 0.0605. The molecule has 2 aliphatic heterocycles. The molecule has 4 rings (SSSR count). The van der Waals surface area contributed by atoms with Gasteiger partial charge in [-0.15, -0.1) is 0 Å². The molecule has 11 heteroatoms. The third-order valence-corrected chi connectivity index (χ3v) is 7.40. The molecule has 2 aliphatic rings. The number of carbonyl (C=O) groups is 5. The van der Waals surface area contributed by atoms with Gasteiger partial charge in [-0.2, -0.15) is 0 Å². The number of carboxylic acid groups (broad SMARTS) is 1. The summed E-state index contributed by atoms with van der Waals surface area (Å²) in [6.07, 6.45) is 5.39. The maximum absolute atomic E-state index is 13.4. The van der Waals surface area contributed by atoms with Gasteiger partial charge in [-0.25, -0.2) is 0 Å². The van der Waals surface area contributed by atoms with Crippen LogP contribution in [0, 0.1) is 0 Å². The quantitative estimate of drug-likeness (QED) is 0.184. The van der Waals surface area contributed by atoms with Gasteiger partial charge >= 0.3 is 11.9 Å². The summed E-state index contributed by atoms with van der Waals surface area (Å²) in [6, 6.07) is 11.9. The molecule has 42 heavy (non-hydrogen) atoms. The number of carbonyl (C=O) groups excluding carboxylic acids is 4. The van der Waals surface area contributed by atoms with Gasteiger partial charge < -0.3 is 14.6 Å². The molecule has 2 atom stereocenters. The van der Waals surface area contributed by atoms with Crippen LogP contribution in [0.3, 0.4) is 0 Å². The van der Waals surface area contributed by atoms with Crippen LogP contribution in [0.25, 0.3) is 0 Å². The van der Waals surface area contributed by atoms with Crippen LogP contribution in [-0.4, -0.2) is 78.1 Å². The lowest BCUT2D eigenvalue weighted by atomic mass is 10.0. The zero-order valence-corrected chi connectivity index (χ0v) is 23.8. The van der Waals surface area contributed by atoms with E-state index in [9.17, 15) is 29.1 Å². The standard InChI is InChI=1S/C31H37N3O8/c1-2-41-31(40)23(32-24-20-42-26-17-11-10-16-25(26)34(30(24)39)19-27(35)36)15-7-5-3-4-6-12-18-33-28(37)21-13-8-9-14-22(21)29(33)38/h8-11,13-14,16-17,23-24,32H,2-7,12,15,18-20H2,1H3,(H,35,36)/t23-,24-/m0/s1. The van der Waals surface area contributed by atoms with Crippen molar-refractivity contribution < 1.29 is 38.6 Å². The van der Waals surface area contributed by atoms with E-state index in [1.165, 1.54) is 4.90 Å². The Morgan fingerprint density at radius 3 is 2.21 bits per heavy atom. The average molecular weight is 580 g/mol. The van der Waals surface area contributed by atoms with Crippen LogP contribution in [0.15, 0.2) is 48.5 Å². The summed E-state index contributed by atoms with van der Waals surface area (Å²) in [4.78, 5) is 65.1. The van der Waals surface area contributed by atoms with Crippen molar-refractivity contribution in [3.05, 3.63) is 59.7 Å². The third kappa shape index (κ3) is 7.33. The Morgan fingerprint density at radius 1 is 0.929 bits per heavy atom. The van der Waals surface area contributed by atoms with Crippen molar-refractivity contribution in [3.63, 3.8) is 0 Å². The highest BCUT2D eigenvalue weighted by molar-refractivity contribution is 6.21. The molecule has 2 heterocycles. The van der Waals surface area contributed by atoms with Crippen LogP contribution in [0.2, 0.25) is 0 Å². The highest BCUT2D eigenvalue weighted by Gasteiger charge is 2.36. The summed E-state index contributed by atoms with van der Waals surface area (Å²) >= 11 is 0. The summed E-state index contributed by atoms with van der Waals surface area (Å²) in [5.74, 6) is -2.20. The number of para-hydroxylation sites is 2. The Bertz CT molecular complexity index is 1280. The summed E-state index contributed by atoms with van der Waals surface area (Å²) in [5.41, 5.74) is 1.29. The van der Waals surface area contributed by atoms with Gasteiger partial charge in [0.1, 0.15) is 31.0 Å². The molecule has 0 bridgehead atoms. The maximum Gasteiger partial charge on any atom is 0.323 e. The molecule has 0 saturated carbocycles. The molecule has 3 amide bonds. The van der Waals surface area contributed by atoms with Crippen LogP contribution >= 0.6 is 0 Å². The summed E-state index contributed by atoms with van der Waals surface area (Å²) in [7, 11) is 0. The van der Waals surface area contributed by atoms with Gasteiger partial charge in [0, 0.05) is 6.54 Å². The maximum atomic E-state index is 13.4. The number of carboxylic acids is 1. The zero-order valence-electron chi connectivity index (χ0n) is 23.8. The zero-order chi connectivity index (χ0) is 30.1. The summed E-state index contributed by atoms with van der Waals surface area (Å²) in [5, 5.41) is 12.5. The van der Waals surface area contributed by atoms with Gasteiger partial charge in [0.2, 0.25) is 5.91 Å². The summed E-state index contributed by atoms with van der Waals surface area (Å²) < 4.78 is 11.1. The monoisotopic (exact) mass is 579 g/mol. The number of amides is 3. The van der Waals surface area contributed by atoms with E-state index < -0.39 is 36.5 Å². The first-order valence-electron chi connectivity index (χ1n) is 14.4. The van der Waals surface area contributed by atoms with Crippen LogP contribution in [0.1, 0.15) is 72.6 Å². The molecule has 11 nitrogen and oxygen atoms in total. The van der Waals surface area contributed by atoms with E-state index in [-0.39, 0.29) is 25.0 Å². The fourth-order valence-electron chi connectivity index (χ4n) is 5.29. The number of hydrogen-bond acceptors (Lipinski definition) is 8. The minimum atomic E-state index is -1.16. The molecule has 0 aliphatic carbocycles. The van der Waals surface area contributed by atoms with Gasteiger partial charge in [-0.3, -0.25) is 39.1 Å². The number of hydrogen-bond donors (Lipinski definition) is 2. The fraction of sp³-hybridized carbons (Fsp3) is 0.452. The molecular formula is C31H37N3O8. The van der Waals surface area contributed by atoms with E-state index in [0.29, 0.717) is 42.0 Å². The van der Waals surface area contributed by atoms with E-state index in [0.717, 1.165) is 37.0 Å². The van der Waals surface area contributed by atoms with Crippen LogP contribution in [0.5, 0.6) is 5.75 Å². The van der Waals surface area contributed by atoms with Crippen molar-refractivity contribution in [3.8, 4) is 5.75 Å². The molecule has 0 fully saturated rings. The largest absolute Gasteiger partial charge is 0.489 e.